The molecule has 0 aliphatic heterocycles. The molecule has 0 aliphatic carbocycles. The minimum Gasteiger partial charge on any atom is -0.382 e. The number of benzene rings is 2. The SMILES string of the molecule is Cc1ccc(NC(=O)CSc2nc(N)c(NC(=O)c3ccc(F)cc3)c(=O)[nH]2)c(C)c1. The van der Waals surface area contributed by atoms with E-state index in [1.165, 1.54) is 12.1 Å². The van der Waals surface area contributed by atoms with E-state index in [1.807, 2.05) is 32.0 Å². The number of H-pyrrole nitrogens is 1. The van der Waals surface area contributed by atoms with E-state index in [1.54, 1.807) is 0 Å². The van der Waals surface area contributed by atoms with Crippen molar-refractivity contribution in [1.82, 2.24) is 9.97 Å². The number of anilines is 3. The lowest BCUT2D eigenvalue weighted by atomic mass is 10.1. The molecule has 0 unspecified atom stereocenters. The van der Waals surface area contributed by atoms with Crippen LogP contribution in [0.2, 0.25) is 0 Å². The van der Waals surface area contributed by atoms with Gasteiger partial charge in [-0.15, -0.1) is 0 Å². The number of aryl methyl sites for hydroxylation is 2. The Labute approximate surface area is 181 Å². The van der Waals surface area contributed by atoms with Gasteiger partial charge in [-0.1, -0.05) is 29.5 Å². The smallest absolute Gasteiger partial charge is 0.277 e. The van der Waals surface area contributed by atoms with Crippen LogP contribution in [0.25, 0.3) is 0 Å². The molecule has 2 amide bonds. The first-order chi connectivity index (χ1) is 14.7. The zero-order valence-corrected chi connectivity index (χ0v) is 17.6. The summed E-state index contributed by atoms with van der Waals surface area (Å²) in [5.41, 5.74) is 7.82. The van der Waals surface area contributed by atoms with Crippen LogP contribution >= 0.6 is 11.8 Å². The van der Waals surface area contributed by atoms with Gasteiger partial charge in [-0.25, -0.2) is 9.37 Å². The van der Waals surface area contributed by atoms with Gasteiger partial charge in [-0.3, -0.25) is 19.4 Å². The van der Waals surface area contributed by atoms with Crippen molar-refractivity contribution in [1.29, 1.82) is 0 Å². The molecule has 0 saturated carbocycles. The van der Waals surface area contributed by atoms with Gasteiger partial charge in [0, 0.05) is 11.3 Å². The quantitative estimate of drug-likeness (QED) is 0.344. The maximum Gasteiger partial charge on any atom is 0.277 e. The highest BCUT2D eigenvalue weighted by Gasteiger charge is 2.15. The summed E-state index contributed by atoms with van der Waals surface area (Å²) in [4.78, 5) is 43.3. The van der Waals surface area contributed by atoms with Crippen LogP contribution in [0.1, 0.15) is 21.5 Å². The Morgan fingerprint density at radius 3 is 2.48 bits per heavy atom. The third-order valence-electron chi connectivity index (χ3n) is 4.27. The van der Waals surface area contributed by atoms with Gasteiger partial charge in [0.1, 0.15) is 11.5 Å². The number of rotatable bonds is 6. The van der Waals surface area contributed by atoms with Crippen LogP contribution in [0.15, 0.2) is 52.4 Å². The van der Waals surface area contributed by atoms with Gasteiger partial charge in [-0.05, 0) is 49.7 Å². The summed E-state index contributed by atoms with van der Waals surface area (Å²) in [6.07, 6.45) is 0. The zero-order valence-electron chi connectivity index (χ0n) is 16.8. The maximum atomic E-state index is 13.0. The normalized spacial score (nSPS) is 10.5. The molecule has 3 aromatic rings. The summed E-state index contributed by atoms with van der Waals surface area (Å²) in [6.45, 7) is 3.86. The average Bonchev–Trinajstić information content (AvgIpc) is 2.71. The second kappa shape index (κ2) is 9.43. The molecule has 0 aliphatic rings. The molecule has 8 nitrogen and oxygen atoms in total. The Bertz CT molecular complexity index is 1190. The molecule has 3 rings (SSSR count). The number of aromatic amines is 1. The van der Waals surface area contributed by atoms with E-state index in [0.717, 1.165) is 35.0 Å². The molecule has 5 N–H and O–H groups in total. The molecular weight excluding hydrogens is 421 g/mol. The number of nitrogen functional groups attached to an aromatic ring is 1. The summed E-state index contributed by atoms with van der Waals surface area (Å²) >= 11 is 0.998. The van der Waals surface area contributed by atoms with Crippen molar-refractivity contribution < 1.29 is 14.0 Å². The molecule has 0 bridgehead atoms. The number of carbonyl (C=O) groups is 2. The van der Waals surface area contributed by atoms with Crippen molar-refractivity contribution in [2.45, 2.75) is 19.0 Å². The average molecular weight is 441 g/mol. The Hall–Kier alpha value is -3.66. The molecule has 160 valence electrons. The first kappa shape index (κ1) is 22.0. The standard InChI is InChI=1S/C21H20FN5O3S/c1-11-3-8-15(12(2)9-11)24-16(28)10-31-21-26-18(23)17(20(30)27-21)25-19(29)13-4-6-14(22)7-5-13/h3-9H,10H2,1-2H3,(H,24,28)(H,25,29)(H3,23,26,27,30). The van der Waals surface area contributed by atoms with E-state index in [4.69, 9.17) is 5.73 Å². The van der Waals surface area contributed by atoms with Crippen LogP contribution in [0.4, 0.5) is 21.6 Å². The second-order valence-electron chi connectivity index (χ2n) is 6.75. The molecule has 0 fully saturated rings. The molecule has 1 aromatic heterocycles. The molecule has 10 heteroatoms. The highest BCUT2D eigenvalue weighted by atomic mass is 32.2. The molecule has 1 heterocycles. The molecule has 31 heavy (non-hydrogen) atoms. The molecule has 0 radical (unpaired) electrons. The van der Waals surface area contributed by atoms with E-state index >= 15 is 0 Å². The van der Waals surface area contributed by atoms with Crippen LogP contribution < -0.4 is 21.9 Å². The number of hydrogen-bond donors (Lipinski definition) is 4. The van der Waals surface area contributed by atoms with Crippen molar-refractivity contribution in [2.24, 2.45) is 0 Å². The van der Waals surface area contributed by atoms with Crippen molar-refractivity contribution in [3.05, 3.63) is 75.3 Å². The second-order valence-corrected chi connectivity index (χ2v) is 7.71. The summed E-state index contributed by atoms with van der Waals surface area (Å²) in [5.74, 6) is -1.59. The van der Waals surface area contributed by atoms with Crippen LogP contribution in [0, 0.1) is 19.7 Å². The van der Waals surface area contributed by atoms with Crippen LogP contribution in [-0.4, -0.2) is 27.5 Å². The Kier molecular flexibility index (Phi) is 6.71. The topological polar surface area (TPSA) is 130 Å². The van der Waals surface area contributed by atoms with Crippen LogP contribution in [-0.2, 0) is 4.79 Å². The predicted octanol–water partition coefficient (Wildman–Crippen LogP) is 3.09. The third-order valence-corrected chi connectivity index (χ3v) is 5.14. The summed E-state index contributed by atoms with van der Waals surface area (Å²) < 4.78 is 13.0. The van der Waals surface area contributed by atoms with E-state index < -0.39 is 17.3 Å². The van der Waals surface area contributed by atoms with E-state index in [-0.39, 0.29) is 33.9 Å². The number of hydrogen-bond acceptors (Lipinski definition) is 6. The monoisotopic (exact) mass is 441 g/mol. The largest absolute Gasteiger partial charge is 0.382 e. The first-order valence-corrected chi connectivity index (χ1v) is 10.2. The van der Waals surface area contributed by atoms with Gasteiger partial charge in [0.25, 0.3) is 11.5 Å². The van der Waals surface area contributed by atoms with Crippen molar-refractivity contribution in [2.75, 3.05) is 22.1 Å². The minimum atomic E-state index is -0.666. The predicted molar refractivity (Wildman–Crippen MR) is 119 cm³/mol. The molecule has 0 spiro atoms. The fourth-order valence-corrected chi connectivity index (χ4v) is 3.39. The van der Waals surface area contributed by atoms with Crippen LogP contribution in [0.5, 0.6) is 0 Å². The van der Waals surface area contributed by atoms with Crippen molar-refractivity contribution in [3.63, 3.8) is 0 Å². The summed E-state index contributed by atoms with van der Waals surface area (Å²) in [5, 5.41) is 5.31. The van der Waals surface area contributed by atoms with Gasteiger partial charge in [0.05, 0.1) is 5.75 Å². The minimum absolute atomic E-state index is 0.00299. The van der Waals surface area contributed by atoms with Crippen molar-refractivity contribution >= 4 is 40.8 Å². The Balaban J connectivity index is 1.64. The Morgan fingerprint density at radius 2 is 1.84 bits per heavy atom. The van der Waals surface area contributed by atoms with E-state index in [0.29, 0.717) is 5.69 Å². The Morgan fingerprint density at radius 1 is 1.13 bits per heavy atom. The highest BCUT2D eigenvalue weighted by molar-refractivity contribution is 7.99. The summed E-state index contributed by atoms with van der Waals surface area (Å²) in [6, 6.07) is 10.5. The third kappa shape index (κ3) is 5.70. The number of carbonyl (C=O) groups excluding carboxylic acids is 2. The molecule has 0 atom stereocenters. The van der Waals surface area contributed by atoms with E-state index in [2.05, 4.69) is 20.6 Å². The van der Waals surface area contributed by atoms with Crippen LogP contribution in [0.3, 0.4) is 0 Å². The number of nitrogens with two attached hydrogens (primary N) is 1. The summed E-state index contributed by atoms with van der Waals surface area (Å²) in [7, 11) is 0. The number of amides is 2. The van der Waals surface area contributed by atoms with Gasteiger partial charge < -0.3 is 16.4 Å². The number of nitrogens with one attached hydrogen (secondary N) is 3. The van der Waals surface area contributed by atoms with Gasteiger partial charge >= 0.3 is 0 Å². The number of thioether (sulfide) groups is 1. The van der Waals surface area contributed by atoms with Gasteiger partial charge in [-0.2, -0.15) is 0 Å². The van der Waals surface area contributed by atoms with Crippen molar-refractivity contribution in [3.8, 4) is 0 Å². The molecular formula is C21H20FN5O3S. The van der Waals surface area contributed by atoms with Gasteiger partial charge in [0.15, 0.2) is 11.0 Å². The lowest BCUT2D eigenvalue weighted by Gasteiger charge is -2.10. The van der Waals surface area contributed by atoms with Gasteiger partial charge in [0.2, 0.25) is 5.91 Å². The first-order valence-electron chi connectivity index (χ1n) is 9.19. The number of halogens is 1. The molecule has 2 aromatic carbocycles. The molecule has 0 saturated heterocycles. The number of nitrogens with zero attached hydrogens (tertiary/aromatic N) is 1. The number of aromatic nitrogens is 2. The highest BCUT2D eigenvalue weighted by Crippen LogP contribution is 2.19. The fraction of sp³-hybridized carbons (Fsp3) is 0.143. The maximum absolute atomic E-state index is 13.0. The fourth-order valence-electron chi connectivity index (χ4n) is 2.72. The zero-order chi connectivity index (χ0) is 22.5. The van der Waals surface area contributed by atoms with E-state index in [9.17, 15) is 18.8 Å². The lowest BCUT2D eigenvalue weighted by Crippen LogP contribution is -2.23. The lowest BCUT2D eigenvalue weighted by molar-refractivity contribution is -0.113.